The molecule has 2 aromatic carbocycles. The Morgan fingerprint density at radius 1 is 1.17 bits per heavy atom. The van der Waals surface area contributed by atoms with Crippen LogP contribution in [0, 0.1) is 0 Å². The summed E-state index contributed by atoms with van der Waals surface area (Å²) in [5, 5.41) is 1.70. The van der Waals surface area contributed by atoms with Crippen LogP contribution in [0.3, 0.4) is 0 Å². The van der Waals surface area contributed by atoms with Gasteiger partial charge in [0, 0.05) is 0 Å². The van der Waals surface area contributed by atoms with Crippen LogP contribution >= 0.6 is 11.8 Å². The summed E-state index contributed by atoms with van der Waals surface area (Å²) >= 11 is 0.833. The molecule has 122 valence electrons. The molecule has 0 unspecified atom stereocenters. The van der Waals surface area contributed by atoms with Crippen molar-refractivity contribution in [3.05, 3.63) is 52.9 Å². The van der Waals surface area contributed by atoms with E-state index in [1.165, 1.54) is 0 Å². The number of carbonyl (C=O) groups is 3. The topological polar surface area (TPSA) is 63.7 Å². The first-order chi connectivity index (χ1) is 11.6. The Morgan fingerprint density at radius 3 is 2.67 bits per heavy atom. The molecular weight excluding hydrogens is 326 g/mol. The molecule has 1 fully saturated rings. The third kappa shape index (κ3) is 3.33. The number of carbonyl (C=O) groups excluding carboxylic acids is 3. The Hall–Kier alpha value is -2.60. The standard InChI is InChI=1S/C18H15NO4S/c1-2-23-16(20)11-19-17(21)15(24-18(19)22)10-12-7-8-13-5-3-4-6-14(13)9-12/h3-10H,2,11H2,1H3/b15-10-. The molecule has 0 aromatic heterocycles. The van der Waals surface area contributed by atoms with E-state index in [4.69, 9.17) is 4.74 Å². The van der Waals surface area contributed by atoms with Gasteiger partial charge in [-0.1, -0.05) is 36.4 Å². The van der Waals surface area contributed by atoms with E-state index in [1.54, 1.807) is 13.0 Å². The molecule has 2 aromatic rings. The van der Waals surface area contributed by atoms with Crippen LogP contribution in [0.5, 0.6) is 0 Å². The first kappa shape index (κ1) is 16.3. The minimum Gasteiger partial charge on any atom is -0.465 e. The lowest BCUT2D eigenvalue weighted by atomic mass is 10.1. The molecule has 5 nitrogen and oxygen atoms in total. The van der Waals surface area contributed by atoms with Gasteiger partial charge in [-0.15, -0.1) is 0 Å². The van der Waals surface area contributed by atoms with Crippen LogP contribution < -0.4 is 0 Å². The van der Waals surface area contributed by atoms with Crippen molar-refractivity contribution in [1.29, 1.82) is 0 Å². The Labute approximate surface area is 143 Å². The normalized spacial score (nSPS) is 16.2. The molecule has 3 rings (SSSR count). The number of rotatable bonds is 4. The zero-order valence-corrected chi connectivity index (χ0v) is 13.8. The fourth-order valence-electron chi connectivity index (χ4n) is 2.42. The van der Waals surface area contributed by atoms with Gasteiger partial charge in [0.1, 0.15) is 6.54 Å². The Morgan fingerprint density at radius 2 is 1.92 bits per heavy atom. The highest BCUT2D eigenvalue weighted by atomic mass is 32.2. The van der Waals surface area contributed by atoms with Crippen molar-refractivity contribution in [3.63, 3.8) is 0 Å². The lowest BCUT2D eigenvalue weighted by Gasteiger charge is -2.10. The first-order valence-electron chi connectivity index (χ1n) is 7.48. The smallest absolute Gasteiger partial charge is 0.326 e. The molecule has 1 saturated heterocycles. The summed E-state index contributed by atoms with van der Waals surface area (Å²) in [4.78, 5) is 37.0. The number of fused-ring (bicyclic) bond motifs is 1. The minimum absolute atomic E-state index is 0.210. The third-order valence-electron chi connectivity index (χ3n) is 3.54. The Balaban J connectivity index is 1.83. The van der Waals surface area contributed by atoms with Crippen molar-refractivity contribution in [2.24, 2.45) is 0 Å². The number of ether oxygens (including phenoxy) is 1. The highest BCUT2D eigenvalue weighted by Crippen LogP contribution is 2.32. The molecule has 1 aliphatic rings. The van der Waals surface area contributed by atoms with Crippen LogP contribution in [-0.2, 0) is 14.3 Å². The molecule has 0 aliphatic carbocycles. The summed E-state index contributed by atoms with van der Waals surface area (Å²) in [6.07, 6.45) is 1.67. The SMILES string of the molecule is CCOC(=O)CN1C(=O)S/C(=C\c2ccc3ccccc3c2)C1=O. The molecule has 2 amide bonds. The average molecular weight is 341 g/mol. The van der Waals surface area contributed by atoms with Gasteiger partial charge < -0.3 is 4.74 Å². The molecule has 0 saturated carbocycles. The molecule has 0 bridgehead atoms. The van der Waals surface area contributed by atoms with Crippen molar-refractivity contribution in [2.75, 3.05) is 13.2 Å². The monoisotopic (exact) mass is 341 g/mol. The number of hydrogen-bond donors (Lipinski definition) is 0. The van der Waals surface area contributed by atoms with Gasteiger partial charge >= 0.3 is 5.97 Å². The van der Waals surface area contributed by atoms with Crippen LogP contribution in [0.4, 0.5) is 4.79 Å². The number of amides is 2. The molecule has 0 radical (unpaired) electrons. The average Bonchev–Trinajstić information content (AvgIpc) is 2.82. The molecule has 1 aliphatic heterocycles. The third-order valence-corrected chi connectivity index (χ3v) is 4.44. The second-order valence-electron chi connectivity index (χ2n) is 5.18. The van der Waals surface area contributed by atoms with E-state index in [0.717, 1.165) is 33.0 Å². The summed E-state index contributed by atoms with van der Waals surface area (Å²) < 4.78 is 4.79. The van der Waals surface area contributed by atoms with Crippen molar-refractivity contribution >= 4 is 45.7 Å². The van der Waals surface area contributed by atoms with E-state index in [1.807, 2.05) is 42.5 Å². The summed E-state index contributed by atoms with van der Waals surface area (Å²) in [5.74, 6) is -1.06. The first-order valence-corrected chi connectivity index (χ1v) is 8.30. The fourth-order valence-corrected chi connectivity index (χ4v) is 3.26. The predicted octanol–water partition coefficient (Wildman–Crippen LogP) is 3.44. The van der Waals surface area contributed by atoms with E-state index in [2.05, 4.69) is 0 Å². The number of nitrogens with zero attached hydrogens (tertiary/aromatic N) is 1. The van der Waals surface area contributed by atoms with Crippen LogP contribution in [0.25, 0.3) is 16.8 Å². The highest BCUT2D eigenvalue weighted by Gasteiger charge is 2.36. The van der Waals surface area contributed by atoms with Crippen molar-refractivity contribution < 1.29 is 19.1 Å². The zero-order valence-electron chi connectivity index (χ0n) is 13.0. The molecule has 0 atom stereocenters. The van der Waals surface area contributed by atoms with Crippen molar-refractivity contribution in [1.82, 2.24) is 4.90 Å². The van der Waals surface area contributed by atoms with Crippen LogP contribution in [0.15, 0.2) is 47.4 Å². The number of hydrogen-bond acceptors (Lipinski definition) is 5. The van der Waals surface area contributed by atoms with E-state index < -0.39 is 17.1 Å². The quantitative estimate of drug-likeness (QED) is 0.630. The lowest BCUT2D eigenvalue weighted by molar-refractivity contribution is -0.145. The second-order valence-corrected chi connectivity index (χ2v) is 6.17. The Bertz CT molecular complexity index is 859. The van der Waals surface area contributed by atoms with Crippen molar-refractivity contribution in [3.8, 4) is 0 Å². The van der Waals surface area contributed by atoms with Crippen LogP contribution in [-0.4, -0.2) is 35.2 Å². The number of thioether (sulfide) groups is 1. The van der Waals surface area contributed by atoms with Gasteiger partial charge in [-0.3, -0.25) is 19.3 Å². The number of benzene rings is 2. The maximum atomic E-state index is 12.3. The van der Waals surface area contributed by atoms with E-state index in [-0.39, 0.29) is 13.2 Å². The number of esters is 1. The van der Waals surface area contributed by atoms with Crippen LogP contribution in [0.2, 0.25) is 0 Å². The minimum atomic E-state index is -0.591. The molecule has 0 N–H and O–H groups in total. The van der Waals surface area contributed by atoms with Gasteiger partial charge in [-0.25, -0.2) is 0 Å². The predicted molar refractivity (Wildman–Crippen MR) is 93.3 cm³/mol. The molecule has 6 heteroatoms. The molecule has 24 heavy (non-hydrogen) atoms. The van der Waals surface area contributed by atoms with Crippen molar-refractivity contribution in [2.45, 2.75) is 6.92 Å². The molecule has 0 spiro atoms. The maximum absolute atomic E-state index is 12.3. The largest absolute Gasteiger partial charge is 0.465 e. The summed E-state index contributed by atoms with van der Waals surface area (Å²) in [5.41, 5.74) is 0.829. The zero-order chi connectivity index (χ0) is 17.1. The van der Waals surface area contributed by atoms with Gasteiger partial charge in [-0.2, -0.15) is 0 Å². The van der Waals surface area contributed by atoms with Gasteiger partial charge in [0.25, 0.3) is 11.1 Å². The molecule has 1 heterocycles. The lowest BCUT2D eigenvalue weighted by Crippen LogP contribution is -2.34. The van der Waals surface area contributed by atoms with E-state index in [0.29, 0.717) is 4.91 Å². The Kier molecular flexibility index (Phi) is 4.66. The van der Waals surface area contributed by atoms with Gasteiger partial charge in [-0.05, 0) is 47.2 Å². The molecular formula is C18H15NO4S. The summed E-state index contributed by atoms with van der Waals surface area (Å²) in [6.45, 7) is 1.53. The van der Waals surface area contributed by atoms with Gasteiger partial charge in [0.05, 0.1) is 11.5 Å². The van der Waals surface area contributed by atoms with Crippen LogP contribution in [0.1, 0.15) is 12.5 Å². The van der Waals surface area contributed by atoms with E-state index >= 15 is 0 Å². The highest BCUT2D eigenvalue weighted by molar-refractivity contribution is 8.18. The summed E-state index contributed by atoms with van der Waals surface area (Å²) in [6, 6.07) is 13.7. The van der Waals surface area contributed by atoms with Gasteiger partial charge in [0.15, 0.2) is 0 Å². The fraction of sp³-hybridized carbons (Fsp3) is 0.167. The summed E-state index contributed by atoms with van der Waals surface area (Å²) in [7, 11) is 0. The maximum Gasteiger partial charge on any atom is 0.326 e. The van der Waals surface area contributed by atoms with E-state index in [9.17, 15) is 14.4 Å². The number of imide groups is 1. The second kappa shape index (κ2) is 6.88. The van der Waals surface area contributed by atoms with Gasteiger partial charge in [0.2, 0.25) is 0 Å².